The number of carbonyl (C=O) groups is 2. The van der Waals surface area contributed by atoms with Crippen molar-refractivity contribution in [3.05, 3.63) is 83.7 Å². The van der Waals surface area contributed by atoms with Crippen molar-refractivity contribution in [2.75, 3.05) is 20.8 Å². The Hall–Kier alpha value is -4.07. The van der Waals surface area contributed by atoms with Crippen LogP contribution >= 0.6 is 0 Å². The molecule has 0 spiro atoms. The zero-order chi connectivity index (χ0) is 33.0. The van der Waals surface area contributed by atoms with Gasteiger partial charge in [-0.25, -0.2) is 14.3 Å². The summed E-state index contributed by atoms with van der Waals surface area (Å²) in [7, 11) is 5.05. The van der Waals surface area contributed by atoms with E-state index in [9.17, 15) is 9.59 Å². The van der Waals surface area contributed by atoms with Crippen LogP contribution in [-0.4, -0.2) is 37.7 Å². The van der Waals surface area contributed by atoms with Gasteiger partial charge in [-0.3, -0.25) is 4.79 Å². The second-order valence-electron chi connectivity index (χ2n) is 11.8. The van der Waals surface area contributed by atoms with Gasteiger partial charge >= 0.3 is 6.09 Å². The zero-order valence-corrected chi connectivity index (χ0v) is 28.3. The molecule has 0 unspecified atom stereocenters. The molecule has 0 saturated heterocycles. The zero-order valence-electron chi connectivity index (χ0n) is 28.3. The molecule has 8 nitrogen and oxygen atoms in total. The van der Waals surface area contributed by atoms with Crippen molar-refractivity contribution in [3.8, 4) is 17.2 Å². The highest BCUT2D eigenvalue weighted by molar-refractivity contribution is 6.02. The van der Waals surface area contributed by atoms with Gasteiger partial charge in [-0.15, -0.1) is 0 Å². The largest absolute Gasteiger partial charge is 0.493 e. The number of pyridine rings is 1. The standard InChI is InChI=1S/C38H53N2O6/c1-5-6-7-8-9-10-11-12-13-14-15-19-26-45-36-34(43-3)27-32(28-35(36)44-4)30-46-38(42)40(29-31-22-24-39(2)25-23-31)37(41)33-20-17-16-18-21-33/h16-18,20-25,27-28H,5-15,19,26,29-30H2,1-4H3/q+1. The van der Waals surface area contributed by atoms with Gasteiger partial charge in [0.15, 0.2) is 23.9 Å². The monoisotopic (exact) mass is 633 g/mol. The smallest absolute Gasteiger partial charge is 0.417 e. The Morgan fingerprint density at radius 1 is 0.717 bits per heavy atom. The van der Waals surface area contributed by atoms with E-state index in [1.54, 1.807) is 50.6 Å². The van der Waals surface area contributed by atoms with Crippen LogP contribution < -0.4 is 18.8 Å². The van der Waals surface area contributed by atoms with Crippen LogP contribution in [0.2, 0.25) is 0 Å². The topological polar surface area (TPSA) is 78.2 Å². The molecule has 3 rings (SSSR count). The van der Waals surface area contributed by atoms with Crippen LogP contribution in [0.25, 0.3) is 0 Å². The van der Waals surface area contributed by atoms with Crippen LogP contribution in [0, 0.1) is 0 Å². The Morgan fingerprint density at radius 3 is 1.80 bits per heavy atom. The molecule has 3 aromatic rings. The fraction of sp³-hybridized carbons (Fsp3) is 0.500. The highest BCUT2D eigenvalue weighted by Gasteiger charge is 2.25. The van der Waals surface area contributed by atoms with Crippen molar-refractivity contribution in [2.24, 2.45) is 7.05 Å². The number of aryl methyl sites for hydroxylation is 1. The van der Waals surface area contributed by atoms with Crippen molar-refractivity contribution >= 4 is 12.0 Å². The van der Waals surface area contributed by atoms with Gasteiger partial charge in [-0.1, -0.05) is 95.8 Å². The molecular formula is C38H53N2O6+. The molecule has 0 aliphatic carbocycles. The number of ether oxygens (including phenoxy) is 4. The van der Waals surface area contributed by atoms with E-state index in [4.69, 9.17) is 18.9 Å². The number of carbonyl (C=O) groups excluding carboxylic acids is 2. The van der Waals surface area contributed by atoms with Crippen molar-refractivity contribution in [1.29, 1.82) is 0 Å². The molecule has 0 atom stereocenters. The summed E-state index contributed by atoms with van der Waals surface area (Å²) in [6, 6.07) is 16.0. The molecule has 0 bridgehead atoms. The maximum atomic E-state index is 13.3. The summed E-state index contributed by atoms with van der Waals surface area (Å²) in [4.78, 5) is 27.8. The average molecular weight is 634 g/mol. The third-order valence-corrected chi connectivity index (χ3v) is 8.00. The molecular weight excluding hydrogens is 580 g/mol. The van der Waals surface area contributed by atoms with E-state index >= 15 is 0 Å². The molecule has 0 radical (unpaired) electrons. The lowest BCUT2D eigenvalue weighted by Gasteiger charge is -2.21. The van der Waals surface area contributed by atoms with E-state index in [0.29, 0.717) is 35.0 Å². The summed E-state index contributed by atoms with van der Waals surface area (Å²) >= 11 is 0. The molecule has 0 aliphatic heterocycles. The lowest BCUT2D eigenvalue weighted by molar-refractivity contribution is -0.671. The van der Waals surface area contributed by atoms with Gasteiger partial charge in [0.05, 0.1) is 27.4 Å². The van der Waals surface area contributed by atoms with E-state index < -0.39 is 12.0 Å². The van der Waals surface area contributed by atoms with E-state index in [1.807, 2.05) is 42.2 Å². The summed E-state index contributed by atoms with van der Waals surface area (Å²) in [6.45, 7) is 2.82. The van der Waals surface area contributed by atoms with Crippen LogP contribution in [0.15, 0.2) is 67.0 Å². The highest BCUT2D eigenvalue weighted by Crippen LogP contribution is 2.39. The Morgan fingerprint density at radius 2 is 1.26 bits per heavy atom. The van der Waals surface area contributed by atoms with Crippen LogP contribution in [-0.2, 0) is 24.9 Å². The Kier molecular flexibility index (Phi) is 16.5. The summed E-state index contributed by atoms with van der Waals surface area (Å²) < 4.78 is 24.9. The predicted molar refractivity (Wildman–Crippen MR) is 180 cm³/mol. The van der Waals surface area contributed by atoms with Gasteiger partial charge in [0.1, 0.15) is 13.7 Å². The Bertz CT molecular complexity index is 1290. The fourth-order valence-corrected chi connectivity index (χ4v) is 5.28. The molecule has 1 heterocycles. The minimum atomic E-state index is -0.743. The maximum absolute atomic E-state index is 13.3. The fourth-order valence-electron chi connectivity index (χ4n) is 5.28. The molecule has 0 saturated carbocycles. The molecule has 46 heavy (non-hydrogen) atoms. The van der Waals surface area contributed by atoms with Gasteiger partial charge in [0.25, 0.3) is 5.91 Å². The number of aromatic nitrogens is 1. The number of unbranched alkanes of at least 4 members (excludes halogenated alkanes) is 11. The summed E-state index contributed by atoms with van der Waals surface area (Å²) in [5, 5.41) is 0. The molecule has 250 valence electrons. The number of benzene rings is 2. The normalized spacial score (nSPS) is 10.8. The van der Waals surface area contributed by atoms with Crippen molar-refractivity contribution in [1.82, 2.24) is 4.90 Å². The molecule has 0 aliphatic rings. The molecule has 0 fully saturated rings. The van der Waals surface area contributed by atoms with E-state index in [1.165, 1.54) is 64.2 Å². The minimum Gasteiger partial charge on any atom is -0.493 e. The van der Waals surface area contributed by atoms with Crippen molar-refractivity contribution in [2.45, 2.75) is 97.1 Å². The van der Waals surface area contributed by atoms with E-state index in [2.05, 4.69) is 6.92 Å². The highest BCUT2D eigenvalue weighted by atomic mass is 16.6. The predicted octanol–water partition coefficient (Wildman–Crippen LogP) is 8.59. The Labute approximate surface area is 275 Å². The second kappa shape index (κ2) is 20.9. The molecule has 8 heteroatoms. The van der Waals surface area contributed by atoms with Crippen LogP contribution in [0.4, 0.5) is 4.79 Å². The third kappa shape index (κ3) is 12.4. The van der Waals surface area contributed by atoms with Crippen LogP contribution in [0.3, 0.4) is 0 Å². The number of methoxy groups -OCH3 is 2. The van der Waals surface area contributed by atoms with Crippen LogP contribution in [0.5, 0.6) is 17.2 Å². The maximum Gasteiger partial charge on any atom is 0.417 e. The van der Waals surface area contributed by atoms with Gasteiger partial charge in [0.2, 0.25) is 5.75 Å². The first-order valence-corrected chi connectivity index (χ1v) is 16.8. The number of rotatable bonds is 21. The van der Waals surface area contributed by atoms with Gasteiger partial charge in [-0.2, -0.15) is 0 Å². The summed E-state index contributed by atoms with van der Waals surface area (Å²) in [5.74, 6) is 1.09. The number of amides is 2. The molecule has 2 aromatic carbocycles. The first kappa shape index (κ1) is 36.4. The second-order valence-corrected chi connectivity index (χ2v) is 11.8. The first-order chi connectivity index (χ1) is 22.5. The lowest BCUT2D eigenvalue weighted by atomic mass is 10.1. The molecule has 0 N–H and O–H groups in total. The van der Waals surface area contributed by atoms with E-state index in [0.717, 1.165) is 23.3 Å². The van der Waals surface area contributed by atoms with Crippen LogP contribution in [0.1, 0.15) is 105 Å². The minimum absolute atomic E-state index is 0.0753. The van der Waals surface area contributed by atoms with Gasteiger partial charge in [-0.05, 0) is 41.8 Å². The van der Waals surface area contributed by atoms with Crippen molar-refractivity contribution in [3.63, 3.8) is 0 Å². The first-order valence-electron chi connectivity index (χ1n) is 16.8. The Balaban J connectivity index is 1.52. The number of nitrogens with zero attached hydrogens (tertiary/aromatic N) is 2. The number of hydrogen-bond acceptors (Lipinski definition) is 6. The molecule has 1 aromatic heterocycles. The van der Waals surface area contributed by atoms with Gasteiger partial charge in [0, 0.05) is 17.7 Å². The van der Waals surface area contributed by atoms with Gasteiger partial charge < -0.3 is 18.9 Å². The SMILES string of the molecule is CCCCCCCCCCCCCCOc1c(OC)cc(COC(=O)N(Cc2cc[n+](C)cc2)C(=O)c2ccccc2)cc1OC. The lowest BCUT2D eigenvalue weighted by Crippen LogP contribution is -2.37. The summed E-state index contributed by atoms with van der Waals surface area (Å²) in [6.07, 6.45) is 18.4. The number of hydrogen-bond donors (Lipinski definition) is 0. The summed E-state index contributed by atoms with van der Waals surface area (Å²) in [5.41, 5.74) is 1.86. The van der Waals surface area contributed by atoms with Crippen molar-refractivity contribution < 1.29 is 33.1 Å². The third-order valence-electron chi connectivity index (χ3n) is 8.00. The molecule has 2 amide bonds. The number of imide groups is 1. The average Bonchev–Trinajstić information content (AvgIpc) is 3.09. The quantitative estimate of drug-likeness (QED) is 0.0864. The van der Waals surface area contributed by atoms with E-state index in [-0.39, 0.29) is 13.2 Å².